The zero-order valence-corrected chi connectivity index (χ0v) is 10.0. The average Bonchev–Trinajstić information content (AvgIpc) is 2.94. The van der Waals surface area contributed by atoms with Crippen LogP contribution in [0.1, 0.15) is 56.4 Å². The fourth-order valence-electron chi connectivity index (χ4n) is 2.92. The maximum absolute atomic E-state index is 5.52. The van der Waals surface area contributed by atoms with Crippen molar-refractivity contribution in [1.29, 1.82) is 0 Å². The first-order valence-corrected chi connectivity index (χ1v) is 6.65. The Bertz CT molecular complexity index is 353. The molecule has 0 amide bonds. The van der Waals surface area contributed by atoms with Crippen LogP contribution in [-0.2, 0) is 6.42 Å². The molecule has 2 aliphatic rings. The SMILES string of the molecule is CC(CC1CC1)NC1CCCc2occc21. The van der Waals surface area contributed by atoms with Crippen molar-refractivity contribution < 1.29 is 4.42 Å². The van der Waals surface area contributed by atoms with Crippen molar-refractivity contribution in [3.05, 3.63) is 23.7 Å². The van der Waals surface area contributed by atoms with Gasteiger partial charge in [-0.1, -0.05) is 12.8 Å². The van der Waals surface area contributed by atoms with Gasteiger partial charge >= 0.3 is 0 Å². The lowest BCUT2D eigenvalue weighted by Gasteiger charge is -2.26. The molecule has 2 nitrogen and oxygen atoms in total. The summed E-state index contributed by atoms with van der Waals surface area (Å²) in [6, 6.07) is 3.34. The maximum Gasteiger partial charge on any atom is 0.108 e. The molecule has 16 heavy (non-hydrogen) atoms. The molecular weight excluding hydrogens is 198 g/mol. The second kappa shape index (κ2) is 4.25. The lowest BCUT2D eigenvalue weighted by atomic mass is 9.92. The monoisotopic (exact) mass is 219 g/mol. The third-order valence-corrected chi connectivity index (χ3v) is 3.92. The summed E-state index contributed by atoms with van der Waals surface area (Å²) in [5, 5.41) is 3.77. The molecule has 3 rings (SSSR count). The molecule has 0 saturated heterocycles. The van der Waals surface area contributed by atoms with Gasteiger partial charge in [0.25, 0.3) is 0 Å². The van der Waals surface area contributed by atoms with E-state index in [1.165, 1.54) is 43.4 Å². The maximum atomic E-state index is 5.52. The van der Waals surface area contributed by atoms with Crippen molar-refractivity contribution in [3.63, 3.8) is 0 Å². The Morgan fingerprint density at radius 2 is 2.31 bits per heavy atom. The van der Waals surface area contributed by atoms with E-state index in [0.29, 0.717) is 12.1 Å². The Labute approximate surface area is 97.4 Å². The van der Waals surface area contributed by atoms with Crippen LogP contribution in [0.2, 0.25) is 0 Å². The summed E-state index contributed by atoms with van der Waals surface area (Å²) in [4.78, 5) is 0. The molecule has 2 atom stereocenters. The van der Waals surface area contributed by atoms with E-state index >= 15 is 0 Å². The molecule has 0 radical (unpaired) electrons. The summed E-state index contributed by atoms with van der Waals surface area (Å²) in [7, 11) is 0. The highest BCUT2D eigenvalue weighted by atomic mass is 16.3. The summed E-state index contributed by atoms with van der Waals surface area (Å²) in [5.74, 6) is 2.22. The number of aryl methyl sites for hydroxylation is 1. The lowest BCUT2D eigenvalue weighted by molar-refractivity contribution is 0.366. The van der Waals surface area contributed by atoms with Gasteiger partial charge in [-0.05, 0) is 38.2 Å². The predicted molar refractivity (Wildman–Crippen MR) is 64.3 cm³/mol. The minimum absolute atomic E-state index is 0.538. The number of furan rings is 1. The van der Waals surface area contributed by atoms with Gasteiger partial charge in [0.05, 0.1) is 6.26 Å². The number of hydrogen-bond acceptors (Lipinski definition) is 2. The van der Waals surface area contributed by atoms with Gasteiger partial charge in [-0.25, -0.2) is 0 Å². The number of hydrogen-bond donors (Lipinski definition) is 1. The van der Waals surface area contributed by atoms with Crippen molar-refractivity contribution in [3.8, 4) is 0 Å². The van der Waals surface area contributed by atoms with Crippen molar-refractivity contribution in [1.82, 2.24) is 5.32 Å². The molecule has 1 aromatic rings. The van der Waals surface area contributed by atoms with Gasteiger partial charge in [-0.15, -0.1) is 0 Å². The van der Waals surface area contributed by atoms with E-state index in [1.54, 1.807) is 0 Å². The number of rotatable bonds is 4. The molecule has 1 fully saturated rings. The van der Waals surface area contributed by atoms with Crippen LogP contribution in [0.15, 0.2) is 16.7 Å². The third-order valence-electron chi connectivity index (χ3n) is 3.92. The van der Waals surface area contributed by atoms with Crippen LogP contribution < -0.4 is 5.32 Å². The van der Waals surface area contributed by atoms with E-state index in [1.807, 2.05) is 6.26 Å². The molecule has 1 saturated carbocycles. The van der Waals surface area contributed by atoms with Gasteiger partial charge in [0, 0.05) is 24.1 Å². The number of nitrogens with one attached hydrogen (secondary N) is 1. The standard InChI is InChI=1S/C14H21NO/c1-10(9-11-5-6-11)15-13-3-2-4-14-12(13)7-8-16-14/h7-8,10-11,13,15H,2-6,9H2,1H3. The van der Waals surface area contributed by atoms with Gasteiger partial charge in [-0.3, -0.25) is 0 Å². The quantitative estimate of drug-likeness (QED) is 0.839. The largest absolute Gasteiger partial charge is 0.469 e. The molecule has 2 unspecified atom stereocenters. The van der Waals surface area contributed by atoms with E-state index in [-0.39, 0.29) is 0 Å². The molecule has 0 aliphatic heterocycles. The van der Waals surface area contributed by atoms with Crippen LogP contribution in [-0.4, -0.2) is 6.04 Å². The highest BCUT2D eigenvalue weighted by molar-refractivity contribution is 5.24. The Hall–Kier alpha value is -0.760. The van der Waals surface area contributed by atoms with Gasteiger partial charge in [0.2, 0.25) is 0 Å². The smallest absolute Gasteiger partial charge is 0.108 e. The first-order chi connectivity index (χ1) is 7.83. The molecule has 1 heterocycles. The van der Waals surface area contributed by atoms with Crippen LogP contribution in [0.25, 0.3) is 0 Å². The Morgan fingerprint density at radius 1 is 1.44 bits per heavy atom. The van der Waals surface area contributed by atoms with E-state index in [0.717, 1.165) is 12.3 Å². The zero-order valence-electron chi connectivity index (χ0n) is 10.0. The molecule has 1 N–H and O–H groups in total. The van der Waals surface area contributed by atoms with Gasteiger partial charge in [0.15, 0.2) is 0 Å². The Morgan fingerprint density at radius 3 is 3.12 bits per heavy atom. The van der Waals surface area contributed by atoms with Crippen molar-refractivity contribution in [2.24, 2.45) is 5.92 Å². The number of fused-ring (bicyclic) bond motifs is 1. The van der Waals surface area contributed by atoms with Crippen LogP contribution in [0.5, 0.6) is 0 Å². The van der Waals surface area contributed by atoms with E-state index < -0.39 is 0 Å². The summed E-state index contributed by atoms with van der Waals surface area (Å²) in [6.45, 7) is 2.33. The van der Waals surface area contributed by atoms with Gasteiger partial charge < -0.3 is 9.73 Å². The highest BCUT2D eigenvalue weighted by Crippen LogP contribution is 2.35. The minimum atomic E-state index is 0.538. The fraction of sp³-hybridized carbons (Fsp3) is 0.714. The molecule has 88 valence electrons. The van der Waals surface area contributed by atoms with Crippen LogP contribution in [0.4, 0.5) is 0 Å². The fourth-order valence-corrected chi connectivity index (χ4v) is 2.92. The van der Waals surface area contributed by atoms with Crippen molar-refractivity contribution >= 4 is 0 Å². The Kier molecular flexibility index (Phi) is 2.76. The topological polar surface area (TPSA) is 25.2 Å². The third kappa shape index (κ3) is 2.17. The van der Waals surface area contributed by atoms with Crippen molar-refractivity contribution in [2.75, 3.05) is 0 Å². The minimum Gasteiger partial charge on any atom is -0.469 e. The molecule has 1 aromatic heterocycles. The van der Waals surface area contributed by atoms with Crippen molar-refractivity contribution in [2.45, 2.75) is 57.5 Å². The zero-order chi connectivity index (χ0) is 11.0. The Balaban J connectivity index is 1.62. The highest BCUT2D eigenvalue weighted by Gasteiger charge is 2.27. The molecule has 0 spiro atoms. The predicted octanol–water partition coefficient (Wildman–Crippen LogP) is 3.44. The lowest BCUT2D eigenvalue weighted by Crippen LogP contribution is -2.32. The second-order valence-corrected chi connectivity index (χ2v) is 5.49. The average molecular weight is 219 g/mol. The second-order valence-electron chi connectivity index (χ2n) is 5.49. The van der Waals surface area contributed by atoms with Crippen LogP contribution >= 0.6 is 0 Å². The molecule has 2 aliphatic carbocycles. The molecular formula is C14H21NO. The first-order valence-electron chi connectivity index (χ1n) is 6.65. The normalized spacial score (nSPS) is 26.4. The van der Waals surface area contributed by atoms with Crippen LogP contribution in [0, 0.1) is 5.92 Å². The van der Waals surface area contributed by atoms with Crippen LogP contribution in [0.3, 0.4) is 0 Å². The molecule has 2 heteroatoms. The van der Waals surface area contributed by atoms with E-state index in [2.05, 4.69) is 18.3 Å². The van der Waals surface area contributed by atoms with Gasteiger partial charge in [0.1, 0.15) is 5.76 Å². The summed E-state index contributed by atoms with van der Waals surface area (Å²) >= 11 is 0. The van der Waals surface area contributed by atoms with E-state index in [4.69, 9.17) is 4.42 Å². The summed E-state index contributed by atoms with van der Waals surface area (Å²) in [5.41, 5.74) is 1.41. The molecule has 0 bridgehead atoms. The molecule has 0 aromatic carbocycles. The summed E-state index contributed by atoms with van der Waals surface area (Å²) in [6.07, 6.45) is 9.74. The van der Waals surface area contributed by atoms with Gasteiger partial charge in [-0.2, -0.15) is 0 Å². The summed E-state index contributed by atoms with van der Waals surface area (Å²) < 4.78 is 5.52. The first kappa shape index (κ1) is 10.4. The van der Waals surface area contributed by atoms with E-state index in [9.17, 15) is 0 Å².